The Morgan fingerprint density at radius 2 is 1.82 bits per heavy atom. The number of amides is 2. The van der Waals surface area contributed by atoms with Crippen molar-refractivity contribution in [2.24, 2.45) is 5.92 Å². The normalized spacial score (nSPS) is 15.6. The first kappa shape index (κ1) is 28.5. The lowest BCUT2D eigenvalue weighted by atomic mass is 9.88. The number of carbonyl (C=O) groups excluding carboxylic acids is 2. The van der Waals surface area contributed by atoms with Crippen LogP contribution >= 0.6 is 0 Å². The van der Waals surface area contributed by atoms with Gasteiger partial charge in [0.15, 0.2) is 0 Å². The minimum absolute atomic E-state index is 0.111. The van der Waals surface area contributed by atoms with Crippen LogP contribution in [-0.2, 0) is 21.2 Å². The number of rotatable bonds is 10. The van der Waals surface area contributed by atoms with Crippen LogP contribution in [0.5, 0.6) is 5.75 Å². The van der Waals surface area contributed by atoms with E-state index in [1.165, 1.54) is 10.6 Å². The van der Waals surface area contributed by atoms with Gasteiger partial charge in [-0.25, -0.2) is 18.2 Å². The number of ether oxygens (including phenoxy) is 1. The van der Waals surface area contributed by atoms with E-state index in [2.05, 4.69) is 22.4 Å². The van der Waals surface area contributed by atoms with Crippen molar-refractivity contribution in [3.8, 4) is 5.75 Å². The fraction of sp³-hybridized carbons (Fsp3) is 0.393. The van der Waals surface area contributed by atoms with E-state index in [0.717, 1.165) is 22.2 Å². The van der Waals surface area contributed by atoms with Gasteiger partial charge in [-0.15, -0.1) is 0 Å². The topological polar surface area (TPSA) is 138 Å². The molecule has 0 saturated carbocycles. The third-order valence-electron chi connectivity index (χ3n) is 7.07. The molecule has 208 valence electrons. The number of nitrogens with one attached hydrogen (secondary N) is 2. The Kier molecular flexibility index (Phi) is 9.16. The molecule has 0 spiro atoms. The largest absolute Gasteiger partial charge is 0.493 e. The predicted octanol–water partition coefficient (Wildman–Crippen LogP) is 2.83. The summed E-state index contributed by atoms with van der Waals surface area (Å²) in [7, 11) is -3.30. The number of nitrogens with zero attached hydrogens (tertiary/aromatic N) is 2. The molecule has 0 bridgehead atoms. The molecule has 1 aromatic heterocycles. The number of hydroxylamine groups is 1. The number of benzene rings is 2. The summed E-state index contributed by atoms with van der Waals surface area (Å²) in [5.74, 6) is -0.459. The lowest BCUT2D eigenvalue weighted by molar-refractivity contribution is -0.130. The van der Waals surface area contributed by atoms with Crippen molar-refractivity contribution in [3.05, 3.63) is 71.4 Å². The second kappa shape index (κ2) is 12.5. The van der Waals surface area contributed by atoms with Crippen LogP contribution in [0.15, 0.2) is 54.6 Å². The van der Waals surface area contributed by atoms with E-state index in [1.807, 2.05) is 25.1 Å². The van der Waals surface area contributed by atoms with Crippen molar-refractivity contribution in [2.75, 3.05) is 26.0 Å². The van der Waals surface area contributed by atoms with E-state index < -0.39 is 22.0 Å². The number of hydrogen-bond donors (Lipinski definition) is 3. The van der Waals surface area contributed by atoms with Crippen LogP contribution in [0, 0.1) is 12.8 Å². The van der Waals surface area contributed by atoms with Crippen LogP contribution in [0.2, 0.25) is 0 Å². The Labute approximate surface area is 228 Å². The van der Waals surface area contributed by atoms with Gasteiger partial charge in [-0.1, -0.05) is 18.2 Å². The molecule has 11 heteroatoms. The first-order valence-electron chi connectivity index (χ1n) is 12.9. The Hall–Kier alpha value is -3.54. The van der Waals surface area contributed by atoms with Crippen LogP contribution in [0.1, 0.15) is 40.9 Å². The number of hydrogen-bond acceptors (Lipinski definition) is 7. The van der Waals surface area contributed by atoms with Crippen LogP contribution in [0.25, 0.3) is 10.9 Å². The standard InChI is InChI=1S/C28H34N4O6S/c1-19-17-22(24-5-3-4-6-25(24)29-19)13-16-38-23-9-7-21(8-10-23)28(34)30-26(18-27(33)31-35)20-11-14-32(15-12-20)39(2,36)37/h3-10,17,20,26,35H,11-16,18H2,1-2H3,(H,30,34)(H,31,33). The van der Waals surface area contributed by atoms with Gasteiger partial charge >= 0.3 is 0 Å². The molecule has 4 rings (SSSR count). The highest BCUT2D eigenvalue weighted by atomic mass is 32.2. The molecule has 3 N–H and O–H groups in total. The molecule has 1 fully saturated rings. The van der Waals surface area contributed by atoms with Gasteiger partial charge in [-0.3, -0.25) is 19.8 Å². The smallest absolute Gasteiger partial charge is 0.251 e. The van der Waals surface area contributed by atoms with Gasteiger partial charge in [0.2, 0.25) is 15.9 Å². The number of carbonyl (C=O) groups is 2. The highest BCUT2D eigenvalue weighted by molar-refractivity contribution is 7.88. The highest BCUT2D eigenvalue weighted by Gasteiger charge is 2.32. The zero-order valence-electron chi connectivity index (χ0n) is 22.1. The maximum Gasteiger partial charge on any atom is 0.251 e. The molecule has 1 saturated heterocycles. The van der Waals surface area contributed by atoms with Crippen molar-refractivity contribution in [1.82, 2.24) is 20.1 Å². The van der Waals surface area contributed by atoms with E-state index in [-0.39, 0.29) is 18.2 Å². The fourth-order valence-corrected chi connectivity index (χ4v) is 5.90. The molecule has 1 unspecified atom stereocenters. The molecule has 2 heterocycles. The third kappa shape index (κ3) is 7.53. The molecule has 39 heavy (non-hydrogen) atoms. The number of para-hydroxylation sites is 1. The summed E-state index contributed by atoms with van der Waals surface area (Å²) in [5, 5.41) is 13.0. The molecular weight excluding hydrogens is 520 g/mol. The molecule has 2 aromatic carbocycles. The molecular formula is C28H34N4O6S. The monoisotopic (exact) mass is 554 g/mol. The molecule has 1 aliphatic rings. The SMILES string of the molecule is Cc1cc(CCOc2ccc(C(=O)NC(CC(=O)NO)C3CCN(S(C)(=O)=O)CC3)cc2)c2ccccc2n1. The summed E-state index contributed by atoms with van der Waals surface area (Å²) in [6.45, 7) is 3.07. The Bertz CT molecular complexity index is 1420. The summed E-state index contributed by atoms with van der Waals surface area (Å²) in [4.78, 5) is 29.5. The summed E-state index contributed by atoms with van der Waals surface area (Å²) >= 11 is 0. The van der Waals surface area contributed by atoms with Crippen molar-refractivity contribution in [2.45, 2.75) is 38.6 Å². The number of piperidine rings is 1. The zero-order valence-corrected chi connectivity index (χ0v) is 22.9. The van der Waals surface area contributed by atoms with E-state index in [4.69, 9.17) is 9.94 Å². The van der Waals surface area contributed by atoms with Crippen LogP contribution in [0.3, 0.4) is 0 Å². The van der Waals surface area contributed by atoms with Crippen molar-refractivity contribution >= 4 is 32.7 Å². The van der Waals surface area contributed by atoms with Gasteiger partial charge in [-0.05, 0) is 67.6 Å². The number of aromatic nitrogens is 1. The molecule has 2 amide bonds. The molecule has 10 nitrogen and oxygen atoms in total. The average molecular weight is 555 g/mol. The molecule has 1 aliphatic heterocycles. The van der Waals surface area contributed by atoms with E-state index in [0.29, 0.717) is 50.3 Å². The minimum Gasteiger partial charge on any atom is -0.493 e. The second-order valence-corrected chi connectivity index (χ2v) is 11.9. The van der Waals surface area contributed by atoms with Crippen LogP contribution < -0.4 is 15.5 Å². The maximum absolute atomic E-state index is 13.0. The van der Waals surface area contributed by atoms with Gasteiger partial charge in [0.1, 0.15) is 5.75 Å². The lowest BCUT2D eigenvalue weighted by Gasteiger charge is -2.35. The number of aryl methyl sites for hydroxylation is 1. The summed E-state index contributed by atoms with van der Waals surface area (Å²) in [6.07, 6.45) is 2.75. The minimum atomic E-state index is -3.30. The predicted molar refractivity (Wildman–Crippen MR) is 147 cm³/mol. The summed E-state index contributed by atoms with van der Waals surface area (Å²) < 4.78 is 31.0. The zero-order chi connectivity index (χ0) is 28.0. The molecule has 0 aliphatic carbocycles. The van der Waals surface area contributed by atoms with E-state index in [1.54, 1.807) is 29.7 Å². The van der Waals surface area contributed by atoms with E-state index in [9.17, 15) is 18.0 Å². The average Bonchev–Trinajstić information content (AvgIpc) is 2.92. The third-order valence-corrected chi connectivity index (χ3v) is 8.37. The van der Waals surface area contributed by atoms with Gasteiger partial charge in [0.05, 0.1) is 18.4 Å². The van der Waals surface area contributed by atoms with Crippen LogP contribution in [0.4, 0.5) is 0 Å². The Balaban J connectivity index is 1.35. The van der Waals surface area contributed by atoms with Gasteiger partial charge in [0.25, 0.3) is 5.91 Å². The Morgan fingerprint density at radius 3 is 2.49 bits per heavy atom. The highest BCUT2D eigenvalue weighted by Crippen LogP contribution is 2.25. The summed E-state index contributed by atoms with van der Waals surface area (Å²) in [5.41, 5.74) is 5.09. The van der Waals surface area contributed by atoms with E-state index >= 15 is 0 Å². The number of fused-ring (bicyclic) bond motifs is 1. The first-order chi connectivity index (χ1) is 18.6. The Morgan fingerprint density at radius 1 is 1.13 bits per heavy atom. The second-order valence-electron chi connectivity index (χ2n) is 9.88. The van der Waals surface area contributed by atoms with Crippen LogP contribution in [-0.4, -0.2) is 66.7 Å². The first-order valence-corrected chi connectivity index (χ1v) is 14.8. The number of pyridine rings is 1. The molecule has 0 radical (unpaired) electrons. The van der Waals surface area contributed by atoms with Crippen molar-refractivity contribution in [1.29, 1.82) is 0 Å². The maximum atomic E-state index is 13.0. The number of sulfonamides is 1. The van der Waals surface area contributed by atoms with Gasteiger partial charge < -0.3 is 10.1 Å². The van der Waals surface area contributed by atoms with Crippen molar-refractivity contribution in [3.63, 3.8) is 0 Å². The van der Waals surface area contributed by atoms with Gasteiger partial charge in [-0.2, -0.15) is 0 Å². The van der Waals surface area contributed by atoms with Gasteiger partial charge in [0, 0.05) is 48.6 Å². The fourth-order valence-electron chi connectivity index (χ4n) is 5.03. The summed E-state index contributed by atoms with van der Waals surface area (Å²) in [6, 6.07) is 16.3. The lowest BCUT2D eigenvalue weighted by Crippen LogP contribution is -2.48. The molecule has 1 atom stereocenters. The van der Waals surface area contributed by atoms with Crippen molar-refractivity contribution < 1.29 is 28.0 Å². The molecule has 3 aromatic rings. The quantitative estimate of drug-likeness (QED) is 0.259.